The maximum absolute atomic E-state index is 10.7. The highest BCUT2D eigenvalue weighted by atomic mass is 16.3. The van der Waals surface area contributed by atoms with E-state index >= 15 is 0 Å². The Labute approximate surface area is 234 Å². The zero-order valence-corrected chi connectivity index (χ0v) is 25.0. The third-order valence-corrected chi connectivity index (χ3v) is 6.72. The number of aliphatic hydroxyl groups excluding tert-OH is 1. The van der Waals surface area contributed by atoms with Crippen molar-refractivity contribution in [3.05, 3.63) is 101 Å². The molecule has 2 heterocycles. The summed E-state index contributed by atoms with van der Waals surface area (Å²) in [6.07, 6.45) is 1.41. The first-order valence-corrected chi connectivity index (χ1v) is 14.2. The van der Waals surface area contributed by atoms with Crippen LogP contribution in [0, 0.1) is 20.8 Å². The van der Waals surface area contributed by atoms with E-state index < -0.39 is 6.10 Å². The van der Waals surface area contributed by atoms with E-state index in [9.17, 15) is 5.11 Å². The monoisotopic (exact) mass is 524 g/mol. The fourth-order valence-electron chi connectivity index (χ4n) is 5.03. The number of benzene rings is 3. The summed E-state index contributed by atoms with van der Waals surface area (Å²) in [5.41, 5.74) is 9.81. The molecule has 1 N–H and O–H groups in total. The summed E-state index contributed by atoms with van der Waals surface area (Å²) in [6.45, 7) is 19.3. The summed E-state index contributed by atoms with van der Waals surface area (Å²) in [6, 6.07) is 22.4. The van der Waals surface area contributed by atoms with Crippen molar-refractivity contribution in [2.45, 2.75) is 80.9 Å². The van der Waals surface area contributed by atoms with Gasteiger partial charge in [-0.25, -0.2) is 4.68 Å². The lowest BCUT2D eigenvalue weighted by Crippen LogP contribution is -2.08. The number of nitrogens with zero attached hydrogens (tertiary/aromatic N) is 4. The second-order valence-electron chi connectivity index (χ2n) is 9.72. The lowest BCUT2D eigenvalue weighted by Gasteiger charge is -2.11. The van der Waals surface area contributed by atoms with Crippen molar-refractivity contribution in [1.29, 1.82) is 0 Å². The molecular formula is C34H44N4O. The summed E-state index contributed by atoms with van der Waals surface area (Å²) >= 11 is 0. The lowest BCUT2D eigenvalue weighted by molar-refractivity contribution is 0.152. The average molecular weight is 525 g/mol. The van der Waals surface area contributed by atoms with Crippen molar-refractivity contribution in [2.75, 3.05) is 0 Å². The molecule has 0 aliphatic rings. The van der Waals surface area contributed by atoms with Gasteiger partial charge in [-0.15, -0.1) is 0 Å². The fraction of sp³-hybridized carbons (Fsp3) is 0.353. The van der Waals surface area contributed by atoms with Gasteiger partial charge in [0.2, 0.25) is 0 Å². The van der Waals surface area contributed by atoms with Crippen molar-refractivity contribution in [3.8, 4) is 16.9 Å². The Kier molecular flexibility index (Phi) is 10.2. The Bertz CT molecular complexity index is 1490. The molecule has 0 saturated carbocycles. The minimum atomic E-state index is -0.619. The van der Waals surface area contributed by atoms with Gasteiger partial charge in [0.05, 0.1) is 29.5 Å². The van der Waals surface area contributed by atoms with E-state index in [4.69, 9.17) is 10.2 Å². The van der Waals surface area contributed by atoms with E-state index in [1.807, 2.05) is 81.0 Å². The largest absolute Gasteiger partial charge is 0.386 e. The maximum Gasteiger partial charge on any atom is 0.0985 e. The molecule has 206 valence electrons. The van der Waals surface area contributed by atoms with Crippen molar-refractivity contribution in [3.63, 3.8) is 0 Å². The fourth-order valence-corrected chi connectivity index (χ4v) is 5.03. The van der Waals surface area contributed by atoms with E-state index in [2.05, 4.69) is 63.6 Å². The van der Waals surface area contributed by atoms with Crippen LogP contribution in [-0.2, 0) is 6.54 Å². The predicted molar refractivity (Wildman–Crippen MR) is 165 cm³/mol. The van der Waals surface area contributed by atoms with Crippen LogP contribution < -0.4 is 0 Å². The van der Waals surface area contributed by atoms with E-state index in [0.29, 0.717) is 12.5 Å². The number of aryl methyl sites for hydroxylation is 2. The van der Waals surface area contributed by atoms with Gasteiger partial charge in [-0.05, 0) is 49.9 Å². The molecule has 0 spiro atoms. The van der Waals surface area contributed by atoms with E-state index in [0.717, 1.165) is 39.1 Å². The smallest absolute Gasteiger partial charge is 0.0985 e. The van der Waals surface area contributed by atoms with Gasteiger partial charge in [-0.1, -0.05) is 102 Å². The summed E-state index contributed by atoms with van der Waals surface area (Å²) in [7, 11) is 0. The molecule has 39 heavy (non-hydrogen) atoms. The maximum atomic E-state index is 10.7. The number of rotatable bonds is 6. The second kappa shape index (κ2) is 13.4. The van der Waals surface area contributed by atoms with Crippen LogP contribution in [0.25, 0.3) is 27.8 Å². The highest BCUT2D eigenvalue weighted by Gasteiger charge is 2.22. The Morgan fingerprint density at radius 2 is 1.51 bits per heavy atom. The average Bonchev–Trinajstić information content (AvgIpc) is 3.51. The second-order valence-corrected chi connectivity index (χ2v) is 9.72. The van der Waals surface area contributed by atoms with Gasteiger partial charge < -0.3 is 5.11 Å². The van der Waals surface area contributed by atoms with Crippen LogP contribution in [0.15, 0.2) is 72.9 Å². The van der Waals surface area contributed by atoms with Crippen molar-refractivity contribution in [2.24, 2.45) is 0 Å². The Morgan fingerprint density at radius 1 is 0.821 bits per heavy atom. The highest BCUT2D eigenvalue weighted by Crippen LogP contribution is 2.36. The van der Waals surface area contributed by atoms with Crippen LogP contribution in [0.3, 0.4) is 0 Å². The van der Waals surface area contributed by atoms with Crippen LogP contribution >= 0.6 is 0 Å². The van der Waals surface area contributed by atoms with Gasteiger partial charge in [-0.2, -0.15) is 10.2 Å². The molecule has 0 bridgehead atoms. The molecule has 0 fully saturated rings. The number of aliphatic hydroxyl groups is 1. The van der Waals surface area contributed by atoms with Crippen molar-refractivity contribution >= 4 is 10.9 Å². The Morgan fingerprint density at radius 3 is 2.15 bits per heavy atom. The normalized spacial score (nSPS) is 11.6. The number of aromatic nitrogens is 4. The van der Waals surface area contributed by atoms with Crippen LogP contribution in [0.5, 0.6) is 0 Å². The van der Waals surface area contributed by atoms with Gasteiger partial charge in [0.25, 0.3) is 0 Å². The standard InChI is InChI=1S/C30H32N4O.2C2H6/c1-19(2)29-22(5)34(27-15-14-20(3)16-21(27)4)32-30(29)24-12-9-13-26-25(24)17-33(31-26)18-28(35)23-10-7-6-8-11-23;2*1-2/h6-17,19,28,35H,18H2,1-5H3;2*1-2H3/t28-;;/m0../s1. The predicted octanol–water partition coefficient (Wildman–Crippen LogP) is 8.72. The molecule has 0 radical (unpaired) electrons. The minimum Gasteiger partial charge on any atom is -0.386 e. The number of fused-ring (bicyclic) bond motifs is 1. The van der Waals surface area contributed by atoms with Crippen LogP contribution in [-0.4, -0.2) is 24.7 Å². The van der Waals surface area contributed by atoms with Gasteiger partial charge >= 0.3 is 0 Å². The minimum absolute atomic E-state index is 0.315. The number of hydrogen-bond acceptors (Lipinski definition) is 3. The molecule has 5 aromatic rings. The van der Waals surface area contributed by atoms with Crippen molar-refractivity contribution < 1.29 is 5.11 Å². The molecule has 2 aromatic heterocycles. The summed E-state index contributed by atoms with van der Waals surface area (Å²) in [5, 5.41) is 21.7. The molecule has 3 aromatic carbocycles. The molecule has 0 aliphatic heterocycles. The Balaban J connectivity index is 0.00000100. The molecule has 1 atom stereocenters. The van der Waals surface area contributed by atoms with E-state index in [-0.39, 0.29) is 0 Å². The summed E-state index contributed by atoms with van der Waals surface area (Å²) < 4.78 is 3.93. The van der Waals surface area contributed by atoms with Gasteiger partial charge in [-0.3, -0.25) is 4.68 Å². The zero-order chi connectivity index (χ0) is 28.7. The third-order valence-electron chi connectivity index (χ3n) is 6.72. The number of hydrogen-bond donors (Lipinski definition) is 1. The van der Waals surface area contributed by atoms with Crippen molar-refractivity contribution in [1.82, 2.24) is 19.6 Å². The molecule has 0 unspecified atom stereocenters. The van der Waals surface area contributed by atoms with Gasteiger partial charge in [0.1, 0.15) is 0 Å². The zero-order valence-electron chi connectivity index (χ0n) is 25.0. The van der Waals surface area contributed by atoms with Gasteiger partial charge in [0, 0.05) is 28.4 Å². The molecular weight excluding hydrogens is 480 g/mol. The highest BCUT2D eigenvalue weighted by molar-refractivity contribution is 5.94. The lowest BCUT2D eigenvalue weighted by atomic mass is 9.95. The molecule has 0 amide bonds. The third kappa shape index (κ3) is 6.31. The first-order chi connectivity index (χ1) is 18.8. The molecule has 5 nitrogen and oxygen atoms in total. The quantitative estimate of drug-likeness (QED) is 0.242. The summed E-state index contributed by atoms with van der Waals surface area (Å²) in [4.78, 5) is 0. The van der Waals surface area contributed by atoms with Crippen LogP contribution in [0.1, 0.15) is 81.5 Å². The summed E-state index contributed by atoms with van der Waals surface area (Å²) in [5.74, 6) is 0.315. The van der Waals surface area contributed by atoms with Crippen LogP contribution in [0.4, 0.5) is 0 Å². The topological polar surface area (TPSA) is 55.9 Å². The molecule has 0 aliphatic carbocycles. The SMILES string of the molecule is CC.CC.Cc1ccc(-n2nc(-c3cccc4nn(C[C@H](O)c5ccccc5)cc34)c(C(C)C)c2C)c(C)c1. The molecule has 5 heteroatoms. The van der Waals surface area contributed by atoms with Gasteiger partial charge in [0.15, 0.2) is 0 Å². The molecule has 5 rings (SSSR count). The molecule has 0 saturated heterocycles. The first kappa shape index (κ1) is 29.9. The first-order valence-electron chi connectivity index (χ1n) is 14.2. The van der Waals surface area contributed by atoms with E-state index in [1.165, 1.54) is 16.7 Å². The Hall–Kier alpha value is -3.70. The van der Waals surface area contributed by atoms with E-state index in [1.54, 1.807) is 0 Å². The van der Waals surface area contributed by atoms with Crippen LogP contribution in [0.2, 0.25) is 0 Å².